The minimum atomic E-state index is 0.376. The van der Waals surface area contributed by atoms with Crippen molar-refractivity contribution >= 4 is 5.69 Å². The topological polar surface area (TPSA) is 78.8 Å². The Hall–Kier alpha value is -2.11. The highest BCUT2D eigenvalue weighted by Crippen LogP contribution is 2.23. The summed E-state index contributed by atoms with van der Waals surface area (Å²) in [6, 6.07) is 0. The minimum Gasteiger partial charge on any atom is -0.479 e. The van der Waals surface area contributed by atoms with Gasteiger partial charge in [0.1, 0.15) is 17.8 Å². The van der Waals surface area contributed by atoms with Crippen LogP contribution in [0.2, 0.25) is 0 Å². The molecule has 6 heteroatoms. The van der Waals surface area contributed by atoms with Gasteiger partial charge in [0.15, 0.2) is 5.82 Å². The summed E-state index contributed by atoms with van der Waals surface area (Å²) < 4.78 is 6.88. The average molecular weight is 219 g/mol. The van der Waals surface area contributed by atoms with Crippen molar-refractivity contribution in [3.8, 4) is 11.7 Å². The Morgan fingerprint density at radius 2 is 2.19 bits per heavy atom. The lowest BCUT2D eigenvalue weighted by molar-refractivity contribution is 0.399. The third-order valence-electron chi connectivity index (χ3n) is 2.28. The minimum absolute atomic E-state index is 0.376. The Balaban J connectivity index is 2.56. The molecule has 0 aliphatic carbocycles. The molecular weight excluding hydrogens is 206 g/mol. The lowest BCUT2D eigenvalue weighted by Gasteiger charge is -2.10. The van der Waals surface area contributed by atoms with Crippen molar-refractivity contribution in [3.05, 3.63) is 24.5 Å². The molecule has 0 spiro atoms. The van der Waals surface area contributed by atoms with E-state index in [9.17, 15) is 0 Å². The van der Waals surface area contributed by atoms with Gasteiger partial charge in [-0.1, -0.05) is 6.92 Å². The van der Waals surface area contributed by atoms with Crippen LogP contribution in [0.4, 0.5) is 5.69 Å². The van der Waals surface area contributed by atoms with Gasteiger partial charge in [-0.15, -0.1) is 0 Å². The quantitative estimate of drug-likeness (QED) is 0.826. The zero-order chi connectivity index (χ0) is 11.5. The van der Waals surface area contributed by atoms with Crippen LogP contribution in [0.3, 0.4) is 0 Å². The highest BCUT2D eigenvalue weighted by Gasteiger charge is 2.12. The molecule has 0 saturated carbocycles. The van der Waals surface area contributed by atoms with Gasteiger partial charge in [-0.3, -0.25) is 4.57 Å². The first-order valence-electron chi connectivity index (χ1n) is 4.95. The predicted octanol–water partition coefficient (Wildman–Crippen LogP) is 0.815. The molecule has 16 heavy (non-hydrogen) atoms. The van der Waals surface area contributed by atoms with Gasteiger partial charge in [-0.2, -0.15) is 4.98 Å². The molecule has 2 N–H and O–H groups in total. The van der Waals surface area contributed by atoms with Crippen LogP contribution in [0.25, 0.3) is 5.82 Å². The monoisotopic (exact) mass is 219 g/mol. The second-order valence-electron chi connectivity index (χ2n) is 3.19. The van der Waals surface area contributed by atoms with Crippen molar-refractivity contribution in [2.45, 2.75) is 13.3 Å². The number of nitrogen functional groups attached to an aromatic ring is 1. The number of hydrogen-bond acceptors (Lipinski definition) is 5. The van der Waals surface area contributed by atoms with Gasteiger partial charge in [-0.25, -0.2) is 9.97 Å². The molecule has 2 rings (SSSR count). The van der Waals surface area contributed by atoms with E-state index >= 15 is 0 Å². The van der Waals surface area contributed by atoms with E-state index < -0.39 is 0 Å². The first kappa shape index (κ1) is 10.4. The van der Waals surface area contributed by atoms with Crippen LogP contribution in [0.1, 0.15) is 12.7 Å². The number of imidazole rings is 1. The van der Waals surface area contributed by atoms with Crippen LogP contribution in [-0.2, 0) is 6.42 Å². The maximum Gasteiger partial charge on any atom is 0.242 e. The SMILES string of the molecule is CCc1nccn1-c1ncnc(OC)c1N. The van der Waals surface area contributed by atoms with Gasteiger partial charge in [0.2, 0.25) is 5.88 Å². The molecule has 0 aromatic carbocycles. The molecule has 0 radical (unpaired) electrons. The Morgan fingerprint density at radius 3 is 2.88 bits per heavy atom. The molecule has 2 aromatic rings. The van der Waals surface area contributed by atoms with Crippen LogP contribution in [0.5, 0.6) is 5.88 Å². The molecule has 84 valence electrons. The van der Waals surface area contributed by atoms with E-state index in [0.717, 1.165) is 12.2 Å². The number of methoxy groups -OCH3 is 1. The third-order valence-corrected chi connectivity index (χ3v) is 2.28. The molecule has 0 saturated heterocycles. The molecule has 0 aliphatic rings. The Morgan fingerprint density at radius 1 is 1.38 bits per heavy atom. The van der Waals surface area contributed by atoms with Gasteiger partial charge in [-0.05, 0) is 0 Å². The van der Waals surface area contributed by atoms with Gasteiger partial charge >= 0.3 is 0 Å². The Labute approximate surface area is 93.1 Å². The number of aryl methyl sites for hydroxylation is 1. The van der Waals surface area contributed by atoms with Crippen molar-refractivity contribution in [3.63, 3.8) is 0 Å². The molecular formula is C10H13N5O. The fourth-order valence-electron chi connectivity index (χ4n) is 1.51. The van der Waals surface area contributed by atoms with E-state index in [0.29, 0.717) is 17.4 Å². The summed E-state index contributed by atoms with van der Waals surface area (Å²) in [6.45, 7) is 2.02. The lowest BCUT2D eigenvalue weighted by atomic mass is 10.4. The van der Waals surface area contributed by atoms with E-state index in [2.05, 4.69) is 15.0 Å². The number of aromatic nitrogens is 4. The van der Waals surface area contributed by atoms with Crippen molar-refractivity contribution in [1.29, 1.82) is 0 Å². The summed E-state index contributed by atoms with van der Waals surface area (Å²) in [4.78, 5) is 12.3. The lowest BCUT2D eigenvalue weighted by Crippen LogP contribution is -2.07. The molecule has 0 bridgehead atoms. The van der Waals surface area contributed by atoms with Crippen molar-refractivity contribution in [2.75, 3.05) is 12.8 Å². The zero-order valence-electron chi connectivity index (χ0n) is 9.21. The molecule has 0 atom stereocenters. The van der Waals surface area contributed by atoms with E-state index in [1.54, 1.807) is 6.20 Å². The summed E-state index contributed by atoms with van der Waals surface area (Å²) in [7, 11) is 1.52. The smallest absolute Gasteiger partial charge is 0.242 e. The summed E-state index contributed by atoms with van der Waals surface area (Å²) in [6.07, 6.45) is 5.76. The molecule has 2 aromatic heterocycles. The van der Waals surface area contributed by atoms with E-state index in [1.807, 2.05) is 17.7 Å². The largest absolute Gasteiger partial charge is 0.479 e. The second-order valence-corrected chi connectivity index (χ2v) is 3.19. The van der Waals surface area contributed by atoms with Gasteiger partial charge in [0, 0.05) is 18.8 Å². The number of nitrogens with zero attached hydrogens (tertiary/aromatic N) is 4. The Bertz CT molecular complexity index is 494. The molecule has 6 nitrogen and oxygen atoms in total. The number of nitrogens with two attached hydrogens (primary N) is 1. The molecule has 0 aliphatic heterocycles. The molecule has 0 fully saturated rings. The fourth-order valence-corrected chi connectivity index (χ4v) is 1.51. The van der Waals surface area contributed by atoms with E-state index in [-0.39, 0.29) is 0 Å². The highest BCUT2D eigenvalue weighted by molar-refractivity contribution is 5.60. The van der Waals surface area contributed by atoms with Crippen LogP contribution in [0.15, 0.2) is 18.7 Å². The fraction of sp³-hybridized carbons (Fsp3) is 0.300. The predicted molar refractivity (Wildman–Crippen MR) is 59.5 cm³/mol. The van der Waals surface area contributed by atoms with E-state index in [1.165, 1.54) is 13.4 Å². The van der Waals surface area contributed by atoms with Crippen molar-refractivity contribution in [2.24, 2.45) is 0 Å². The van der Waals surface area contributed by atoms with Gasteiger partial charge in [0.25, 0.3) is 0 Å². The zero-order valence-corrected chi connectivity index (χ0v) is 9.21. The second kappa shape index (κ2) is 4.18. The number of ether oxygens (including phenoxy) is 1. The average Bonchev–Trinajstić information content (AvgIpc) is 2.77. The number of hydrogen-bond donors (Lipinski definition) is 1. The first-order valence-corrected chi connectivity index (χ1v) is 4.95. The van der Waals surface area contributed by atoms with Gasteiger partial charge < -0.3 is 10.5 Å². The molecule has 0 amide bonds. The Kier molecular flexibility index (Phi) is 2.72. The summed E-state index contributed by atoms with van der Waals surface area (Å²) >= 11 is 0. The maximum absolute atomic E-state index is 5.91. The van der Waals surface area contributed by atoms with Crippen LogP contribution in [0, 0.1) is 0 Å². The van der Waals surface area contributed by atoms with E-state index in [4.69, 9.17) is 10.5 Å². The standard InChI is InChI=1S/C10H13N5O/c1-3-7-12-4-5-15(7)9-8(11)10(16-2)14-6-13-9/h4-6H,3,11H2,1-2H3. The van der Waals surface area contributed by atoms with Gasteiger partial charge in [0.05, 0.1) is 7.11 Å². The number of anilines is 1. The highest BCUT2D eigenvalue weighted by atomic mass is 16.5. The summed E-state index contributed by atoms with van der Waals surface area (Å²) in [5.41, 5.74) is 6.32. The third kappa shape index (κ3) is 1.58. The first-order chi connectivity index (χ1) is 7.77. The van der Waals surface area contributed by atoms with Crippen molar-refractivity contribution in [1.82, 2.24) is 19.5 Å². The van der Waals surface area contributed by atoms with Crippen LogP contribution < -0.4 is 10.5 Å². The molecule has 2 heterocycles. The number of rotatable bonds is 3. The summed E-state index contributed by atoms with van der Waals surface area (Å²) in [5, 5.41) is 0. The van der Waals surface area contributed by atoms with Crippen LogP contribution in [-0.4, -0.2) is 26.6 Å². The maximum atomic E-state index is 5.91. The molecule has 0 unspecified atom stereocenters. The van der Waals surface area contributed by atoms with Crippen LogP contribution >= 0.6 is 0 Å². The normalized spacial score (nSPS) is 10.4. The summed E-state index contributed by atoms with van der Waals surface area (Å²) in [5.74, 6) is 1.87. The van der Waals surface area contributed by atoms with Crippen molar-refractivity contribution < 1.29 is 4.74 Å².